The van der Waals surface area contributed by atoms with Crippen LogP contribution in [0.5, 0.6) is 0 Å². The second kappa shape index (κ2) is 7.11. The van der Waals surface area contributed by atoms with E-state index in [1.807, 2.05) is 24.3 Å². The van der Waals surface area contributed by atoms with Gasteiger partial charge >= 0.3 is 0 Å². The van der Waals surface area contributed by atoms with E-state index in [9.17, 15) is 4.39 Å². The van der Waals surface area contributed by atoms with Gasteiger partial charge in [-0.25, -0.2) is 4.39 Å². The van der Waals surface area contributed by atoms with Crippen LogP contribution in [0.2, 0.25) is 0 Å². The third-order valence-electron chi connectivity index (χ3n) is 4.56. The molecule has 3 heterocycles. The van der Waals surface area contributed by atoms with Crippen molar-refractivity contribution < 1.29 is 8.81 Å². The van der Waals surface area contributed by atoms with Crippen molar-refractivity contribution in [3.63, 3.8) is 0 Å². The van der Waals surface area contributed by atoms with Gasteiger partial charge in [0.15, 0.2) is 0 Å². The predicted octanol–water partition coefficient (Wildman–Crippen LogP) is 3.65. The topological polar surface area (TPSA) is 55.1 Å². The van der Waals surface area contributed by atoms with Crippen LogP contribution in [0, 0.1) is 5.82 Å². The quantitative estimate of drug-likeness (QED) is 0.727. The van der Waals surface area contributed by atoms with Gasteiger partial charge in [-0.2, -0.15) is 0 Å². The minimum Gasteiger partial charge on any atom is -0.420 e. The Labute approximate surface area is 145 Å². The lowest BCUT2D eigenvalue weighted by Crippen LogP contribution is -2.34. The molecule has 5 nitrogen and oxygen atoms in total. The summed E-state index contributed by atoms with van der Waals surface area (Å²) >= 11 is 0. The second-order valence-corrected chi connectivity index (χ2v) is 6.35. The molecule has 0 amide bonds. The number of pyridine rings is 1. The van der Waals surface area contributed by atoms with Gasteiger partial charge in [0.2, 0.25) is 11.8 Å². The molecule has 1 aromatic carbocycles. The standard InChI is InChI=1S/C19H19FN4O/c20-17-8-2-1-5-15(17)12-24-10-4-7-16(13-24)19-23-22-18(25-19)14-6-3-9-21-11-14/h1-3,5-6,8-9,11,16H,4,7,10,12-13H2. The van der Waals surface area contributed by atoms with Crippen LogP contribution in [-0.2, 0) is 6.54 Å². The molecular formula is C19H19FN4O. The van der Waals surface area contributed by atoms with Crippen LogP contribution < -0.4 is 0 Å². The summed E-state index contributed by atoms with van der Waals surface area (Å²) in [4.78, 5) is 6.33. The number of hydrogen-bond donors (Lipinski definition) is 0. The molecule has 0 aliphatic carbocycles. The van der Waals surface area contributed by atoms with E-state index >= 15 is 0 Å². The fourth-order valence-electron chi connectivity index (χ4n) is 3.27. The zero-order valence-corrected chi connectivity index (χ0v) is 13.8. The summed E-state index contributed by atoms with van der Waals surface area (Å²) in [5.74, 6) is 1.17. The monoisotopic (exact) mass is 338 g/mol. The summed E-state index contributed by atoms with van der Waals surface area (Å²) < 4.78 is 19.8. The highest BCUT2D eigenvalue weighted by Gasteiger charge is 2.26. The highest BCUT2D eigenvalue weighted by Crippen LogP contribution is 2.29. The molecule has 1 fully saturated rings. The maximum Gasteiger partial charge on any atom is 0.249 e. The lowest BCUT2D eigenvalue weighted by atomic mass is 9.97. The van der Waals surface area contributed by atoms with Crippen molar-refractivity contribution in [2.45, 2.75) is 25.3 Å². The van der Waals surface area contributed by atoms with Gasteiger partial charge in [-0.1, -0.05) is 18.2 Å². The van der Waals surface area contributed by atoms with E-state index in [2.05, 4.69) is 20.1 Å². The van der Waals surface area contributed by atoms with Crippen molar-refractivity contribution in [3.05, 3.63) is 66.1 Å². The van der Waals surface area contributed by atoms with Crippen molar-refractivity contribution >= 4 is 0 Å². The number of hydrogen-bond acceptors (Lipinski definition) is 5. The smallest absolute Gasteiger partial charge is 0.249 e. The number of aromatic nitrogens is 3. The molecule has 4 rings (SSSR count). The van der Waals surface area contributed by atoms with E-state index in [4.69, 9.17) is 4.42 Å². The lowest BCUT2D eigenvalue weighted by molar-refractivity contribution is 0.184. The molecule has 1 saturated heterocycles. The summed E-state index contributed by atoms with van der Waals surface area (Å²) in [6, 6.07) is 10.7. The van der Waals surface area contributed by atoms with Gasteiger partial charge in [-0.3, -0.25) is 9.88 Å². The summed E-state index contributed by atoms with van der Waals surface area (Å²) in [7, 11) is 0. The molecule has 0 saturated carbocycles. The van der Waals surface area contributed by atoms with Crippen LogP contribution in [-0.4, -0.2) is 33.2 Å². The summed E-state index contributed by atoms with van der Waals surface area (Å²) in [6.07, 6.45) is 5.46. The Kier molecular flexibility index (Phi) is 4.52. The molecule has 0 radical (unpaired) electrons. The van der Waals surface area contributed by atoms with Crippen LogP contribution >= 0.6 is 0 Å². The largest absolute Gasteiger partial charge is 0.420 e. The summed E-state index contributed by atoms with van der Waals surface area (Å²) in [5, 5.41) is 8.38. The SMILES string of the molecule is Fc1ccccc1CN1CCCC(c2nnc(-c3cccnc3)o2)C1. The first-order chi connectivity index (χ1) is 12.3. The molecule has 6 heteroatoms. The summed E-state index contributed by atoms with van der Waals surface area (Å²) in [6.45, 7) is 2.35. The second-order valence-electron chi connectivity index (χ2n) is 6.35. The van der Waals surface area contributed by atoms with Gasteiger partial charge < -0.3 is 4.42 Å². The maximum atomic E-state index is 13.9. The first-order valence-corrected chi connectivity index (χ1v) is 8.49. The van der Waals surface area contributed by atoms with Crippen LogP contribution in [0.1, 0.15) is 30.2 Å². The zero-order chi connectivity index (χ0) is 17.1. The number of rotatable bonds is 4. The van der Waals surface area contributed by atoms with E-state index in [1.54, 1.807) is 18.5 Å². The molecule has 1 aliphatic rings. The van der Waals surface area contributed by atoms with Crippen molar-refractivity contribution in [1.29, 1.82) is 0 Å². The first-order valence-electron chi connectivity index (χ1n) is 8.49. The highest BCUT2D eigenvalue weighted by atomic mass is 19.1. The maximum absolute atomic E-state index is 13.9. The molecule has 0 bridgehead atoms. The van der Waals surface area contributed by atoms with E-state index in [1.165, 1.54) is 6.07 Å². The lowest BCUT2D eigenvalue weighted by Gasteiger charge is -2.31. The molecule has 0 spiro atoms. The van der Waals surface area contributed by atoms with Crippen LogP contribution in [0.3, 0.4) is 0 Å². The van der Waals surface area contributed by atoms with E-state index in [0.29, 0.717) is 18.3 Å². The fraction of sp³-hybridized carbons (Fsp3) is 0.316. The van der Waals surface area contributed by atoms with Crippen LogP contribution in [0.15, 0.2) is 53.2 Å². The van der Waals surface area contributed by atoms with Gasteiger partial charge in [0.05, 0.1) is 11.5 Å². The molecule has 1 atom stereocenters. The van der Waals surface area contributed by atoms with Gasteiger partial charge in [0, 0.05) is 31.0 Å². The minimum absolute atomic E-state index is 0.152. The van der Waals surface area contributed by atoms with Crippen molar-refractivity contribution in [3.8, 4) is 11.5 Å². The Morgan fingerprint density at radius 2 is 2.08 bits per heavy atom. The molecule has 0 N–H and O–H groups in total. The van der Waals surface area contributed by atoms with Gasteiger partial charge in [0.25, 0.3) is 0 Å². The Bertz CT molecular complexity index is 836. The van der Waals surface area contributed by atoms with Crippen LogP contribution in [0.4, 0.5) is 4.39 Å². The van der Waals surface area contributed by atoms with Crippen molar-refractivity contribution in [2.24, 2.45) is 0 Å². The molecule has 3 aromatic rings. The van der Waals surface area contributed by atoms with Crippen molar-refractivity contribution in [2.75, 3.05) is 13.1 Å². The number of nitrogens with zero attached hydrogens (tertiary/aromatic N) is 4. The minimum atomic E-state index is -0.152. The molecule has 1 aliphatic heterocycles. The Balaban J connectivity index is 1.46. The molecule has 2 aromatic heterocycles. The average molecular weight is 338 g/mol. The Morgan fingerprint density at radius 3 is 2.92 bits per heavy atom. The number of benzene rings is 1. The summed E-state index contributed by atoms with van der Waals surface area (Å²) in [5.41, 5.74) is 1.55. The van der Waals surface area contributed by atoms with E-state index in [0.717, 1.165) is 37.1 Å². The molecule has 1 unspecified atom stereocenters. The normalized spacial score (nSPS) is 18.4. The van der Waals surface area contributed by atoms with E-state index < -0.39 is 0 Å². The number of likely N-dealkylation sites (tertiary alicyclic amines) is 1. The molecule has 25 heavy (non-hydrogen) atoms. The zero-order valence-electron chi connectivity index (χ0n) is 13.8. The third kappa shape index (κ3) is 3.58. The first kappa shape index (κ1) is 15.9. The number of halogens is 1. The van der Waals surface area contributed by atoms with Gasteiger partial charge in [-0.15, -0.1) is 10.2 Å². The highest BCUT2D eigenvalue weighted by molar-refractivity contribution is 5.50. The molecule has 128 valence electrons. The predicted molar refractivity (Wildman–Crippen MR) is 91.2 cm³/mol. The van der Waals surface area contributed by atoms with Crippen molar-refractivity contribution in [1.82, 2.24) is 20.1 Å². The average Bonchev–Trinajstić information content (AvgIpc) is 3.15. The van der Waals surface area contributed by atoms with E-state index in [-0.39, 0.29) is 11.7 Å². The molecular weight excluding hydrogens is 319 g/mol. The van der Waals surface area contributed by atoms with Crippen LogP contribution in [0.25, 0.3) is 11.5 Å². The Morgan fingerprint density at radius 1 is 1.16 bits per heavy atom. The number of piperidine rings is 1. The van der Waals surface area contributed by atoms with Gasteiger partial charge in [0.1, 0.15) is 5.82 Å². The Hall–Kier alpha value is -2.60. The van der Waals surface area contributed by atoms with Gasteiger partial charge in [-0.05, 0) is 37.6 Å². The fourth-order valence-corrected chi connectivity index (χ4v) is 3.27. The third-order valence-corrected chi connectivity index (χ3v) is 4.56.